The predicted octanol–water partition coefficient (Wildman–Crippen LogP) is 2.74. The van der Waals surface area contributed by atoms with Crippen LogP contribution in [-0.4, -0.2) is 11.7 Å². The number of furan rings is 1. The molecule has 0 amide bonds. The zero-order chi connectivity index (χ0) is 8.27. The van der Waals surface area contributed by atoms with Gasteiger partial charge >= 0.3 is 0 Å². The van der Waals surface area contributed by atoms with Crippen LogP contribution < -0.4 is 0 Å². The second kappa shape index (κ2) is 3.79. The van der Waals surface area contributed by atoms with E-state index >= 15 is 0 Å². The molecular weight excluding hydrogens is 187 g/mol. The number of rotatable bonds is 3. The third kappa shape index (κ3) is 2.24. The van der Waals surface area contributed by atoms with Gasteiger partial charge in [-0.05, 0) is 23.7 Å². The van der Waals surface area contributed by atoms with Crippen LogP contribution in [0.15, 0.2) is 16.5 Å². The molecule has 0 aliphatic rings. The highest BCUT2D eigenvalue weighted by atomic mass is 35.5. The van der Waals surface area contributed by atoms with Gasteiger partial charge in [-0.3, -0.25) is 4.79 Å². The lowest BCUT2D eigenvalue weighted by Gasteiger charge is -1.89. The van der Waals surface area contributed by atoms with Crippen molar-refractivity contribution in [1.29, 1.82) is 0 Å². The highest BCUT2D eigenvalue weighted by Crippen LogP contribution is 2.14. The van der Waals surface area contributed by atoms with Crippen LogP contribution >= 0.6 is 23.2 Å². The van der Waals surface area contributed by atoms with Crippen molar-refractivity contribution < 1.29 is 9.21 Å². The van der Waals surface area contributed by atoms with Crippen molar-refractivity contribution in [3.63, 3.8) is 0 Å². The Morgan fingerprint density at radius 1 is 1.55 bits per heavy atom. The van der Waals surface area contributed by atoms with Gasteiger partial charge in [-0.1, -0.05) is 0 Å². The average molecular weight is 193 g/mol. The maximum atomic E-state index is 11.0. The van der Waals surface area contributed by atoms with E-state index in [4.69, 9.17) is 27.6 Å². The summed E-state index contributed by atoms with van der Waals surface area (Å²) < 4.78 is 4.86. The number of carbonyl (C=O) groups is 1. The molecule has 0 aliphatic carbocycles. The molecule has 0 bridgehead atoms. The number of halogens is 2. The van der Waals surface area contributed by atoms with Crippen LogP contribution in [0, 0.1) is 0 Å². The fraction of sp³-hybridized carbons (Fsp3) is 0.286. The van der Waals surface area contributed by atoms with E-state index in [2.05, 4.69) is 0 Å². The van der Waals surface area contributed by atoms with Gasteiger partial charge in [0.15, 0.2) is 16.8 Å². The molecule has 0 unspecified atom stereocenters. The Kier molecular flexibility index (Phi) is 2.97. The molecule has 0 saturated carbocycles. The topological polar surface area (TPSA) is 30.2 Å². The summed E-state index contributed by atoms with van der Waals surface area (Å²) in [5, 5.41) is 0.225. The van der Waals surface area contributed by atoms with Gasteiger partial charge in [-0.15, -0.1) is 11.6 Å². The molecule has 0 aromatic carbocycles. The minimum absolute atomic E-state index is 0.119. The number of Topliss-reactive ketones (excluding diaryl/α,β-unsaturated/α-hetero) is 1. The molecule has 60 valence electrons. The summed E-state index contributed by atoms with van der Waals surface area (Å²) in [6.07, 6.45) is 0.283. The average Bonchev–Trinajstić information content (AvgIpc) is 2.36. The molecule has 0 atom stereocenters. The molecule has 1 aromatic heterocycles. The molecular formula is C7H6Cl2O2. The normalized spacial score (nSPS) is 10.0. The molecule has 4 heteroatoms. The van der Waals surface area contributed by atoms with E-state index in [1.165, 1.54) is 12.1 Å². The van der Waals surface area contributed by atoms with Gasteiger partial charge in [-0.25, -0.2) is 0 Å². The van der Waals surface area contributed by atoms with Crippen molar-refractivity contribution >= 4 is 29.0 Å². The van der Waals surface area contributed by atoms with Gasteiger partial charge in [-0.2, -0.15) is 0 Å². The Bertz CT molecular complexity index is 255. The van der Waals surface area contributed by atoms with Crippen LogP contribution in [0.1, 0.15) is 17.0 Å². The van der Waals surface area contributed by atoms with E-state index in [0.29, 0.717) is 5.88 Å². The molecule has 0 saturated heterocycles. The molecule has 1 heterocycles. The van der Waals surface area contributed by atoms with Crippen LogP contribution in [0.25, 0.3) is 0 Å². The van der Waals surface area contributed by atoms with E-state index in [-0.39, 0.29) is 23.2 Å². The third-order valence-corrected chi connectivity index (χ3v) is 1.56. The van der Waals surface area contributed by atoms with E-state index in [0.717, 1.165) is 0 Å². The Hall–Kier alpha value is -0.470. The van der Waals surface area contributed by atoms with Crippen LogP contribution in [0.3, 0.4) is 0 Å². The SMILES string of the molecule is O=C(CCCl)c1ccc(Cl)o1. The largest absolute Gasteiger partial charge is 0.442 e. The first-order chi connectivity index (χ1) is 5.24. The molecule has 2 nitrogen and oxygen atoms in total. The highest BCUT2D eigenvalue weighted by Gasteiger charge is 2.08. The highest BCUT2D eigenvalue weighted by molar-refractivity contribution is 6.29. The molecule has 1 rings (SSSR count). The second-order valence-corrected chi connectivity index (χ2v) is 2.72. The van der Waals surface area contributed by atoms with Crippen molar-refractivity contribution in [3.05, 3.63) is 23.1 Å². The predicted molar refractivity (Wildman–Crippen MR) is 43.4 cm³/mol. The van der Waals surface area contributed by atoms with Crippen LogP contribution in [0.2, 0.25) is 5.22 Å². The molecule has 0 aliphatic heterocycles. The smallest absolute Gasteiger partial charge is 0.199 e. The Balaban J connectivity index is 2.69. The first-order valence-corrected chi connectivity index (χ1v) is 4.00. The van der Waals surface area contributed by atoms with Crippen molar-refractivity contribution in [2.24, 2.45) is 0 Å². The summed E-state index contributed by atoms with van der Waals surface area (Å²) in [6, 6.07) is 3.07. The van der Waals surface area contributed by atoms with Crippen LogP contribution in [-0.2, 0) is 0 Å². The standard InChI is InChI=1S/C7H6Cl2O2/c8-4-3-5(10)6-1-2-7(9)11-6/h1-2H,3-4H2. The summed E-state index contributed by atoms with van der Waals surface area (Å²) in [4.78, 5) is 11.0. The number of ketones is 1. The van der Waals surface area contributed by atoms with Gasteiger partial charge in [0.1, 0.15) is 0 Å². The third-order valence-electron chi connectivity index (χ3n) is 1.17. The quantitative estimate of drug-likeness (QED) is 0.545. The maximum absolute atomic E-state index is 11.0. The van der Waals surface area contributed by atoms with Gasteiger partial charge in [0.25, 0.3) is 0 Å². The van der Waals surface area contributed by atoms with Crippen molar-refractivity contribution in [1.82, 2.24) is 0 Å². The number of alkyl halides is 1. The summed E-state index contributed by atoms with van der Waals surface area (Å²) >= 11 is 10.8. The Morgan fingerprint density at radius 2 is 2.27 bits per heavy atom. The first-order valence-electron chi connectivity index (χ1n) is 3.08. The zero-order valence-corrected chi connectivity index (χ0v) is 7.15. The minimum Gasteiger partial charge on any atom is -0.442 e. The Labute approximate surface area is 74.1 Å². The number of hydrogen-bond donors (Lipinski definition) is 0. The van der Waals surface area contributed by atoms with Gasteiger partial charge in [0, 0.05) is 12.3 Å². The fourth-order valence-electron chi connectivity index (χ4n) is 0.673. The molecule has 0 spiro atoms. The van der Waals surface area contributed by atoms with Crippen LogP contribution in [0.5, 0.6) is 0 Å². The molecule has 0 fully saturated rings. The zero-order valence-electron chi connectivity index (χ0n) is 5.64. The molecule has 0 radical (unpaired) electrons. The summed E-state index contributed by atoms with van der Waals surface area (Å²) in [5.41, 5.74) is 0. The number of carbonyl (C=O) groups excluding carboxylic acids is 1. The number of hydrogen-bond acceptors (Lipinski definition) is 2. The van der Waals surface area contributed by atoms with E-state index in [1.54, 1.807) is 0 Å². The lowest BCUT2D eigenvalue weighted by atomic mass is 10.2. The van der Waals surface area contributed by atoms with E-state index < -0.39 is 0 Å². The second-order valence-electron chi connectivity index (χ2n) is 1.97. The maximum Gasteiger partial charge on any atom is 0.199 e. The van der Waals surface area contributed by atoms with Gasteiger partial charge in [0.2, 0.25) is 0 Å². The van der Waals surface area contributed by atoms with Crippen LogP contribution in [0.4, 0.5) is 0 Å². The summed E-state index contributed by atoms with van der Waals surface area (Å²) in [7, 11) is 0. The lowest BCUT2D eigenvalue weighted by molar-refractivity contribution is 0.0962. The lowest BCUT2D eigenvalue weighted by Crippen LogP contribution is -1.96. The van der Waals surface area contributed by atoms with Gasteiger partial charge in [0.05, 0.1) is 0 Å². The Morgan fingerprint density at radius 3 is 2.73 bits per heavy atom. The fourth-order valence-corrected chi connectivity index (χ4v) is 0.991. The molecule has 1 aromatic rings. The van der Waals surface area contributed by atoms with Crippen molar-refractivity contribution in [3.8, 4) is 0 Å². The molecule has 11 heavy (non-hydrogen) atoms. The monoisotopic (exact) mass is 192 g/mol. The van der Waals surface area contributed by atoms with Crippen molar-refractivity contribution in [2.75, 3.05) is 5.88 Å². The molecule has 0 N–H and O–H groups in total. The van der Waals surface area contributed by atoms with Crippen molar-refractivity contribution in [2.45, 2.75) is 6.42 Å². The van der Waals surface area contributed by atoms with E-state index in [1.807, 2.05) is 0 Å². The minimum atomic E-state index is -0.119. The first kappa shape index (κ1) is 8.62. The van der Waals surface area contributed by atoms with Gasteiger partial charge < -0.3 is 4.42 Å². The summed E-state index contributed by atoms with van der Waals surface area (Å²) in [6.45, 7) is 0. The summed E-state index contributed by atoms with van der Waals surface area (Å²) in [5.74, 6) is 0.458. The van der Waals surface area contributed by atoms with E-state index in [9.17, 15) is 4.79 Å².